The fourth-order valence-electron chi connectivity index (χ4n) is 7.78. The van der Waals surface area contributed by atoms with Crippen molar-refractivity contribution in [3.05, 3.63) is 71.9 Å². The number of ketones is 1. The number of aromatic nitrogens is 1. The summed E-state index contributed by atoms with van der Waals surface area (Å²) < 4.78 is 0. The number of Topliss-reactive ketones (excluding diaryl/α,β-unsaturated/α-hetero) is 1. The molecule has 1 saturated carbocycles. The third-order valence-corrected chi connectivity index (χ3v) is 11.3. The van der Waals surface area contributed by atoms with E-state index in [0.29, 0.717) is 24.0 Å². The highest BCUT2D eigenvalue weighted by Crippen LogP contribution is 2.44. The number of carbonyl (C=O) groups excluding carboxylic acids is 8. The fourth-order valence-corrected chi connectivity index (χ4v) is 7.78. The van der Waals surface area contributed by atoms with Crippen LogP contribution >= 0.6 is 0 Å². The molecule has 3 fully saturated rings. The number of aromatic amines is 1. The number of H-pyrrole nitrogens is 1. The average Bonchev–Trinajstić information content (AvgIpc) is 3.84. The Morgan fingerprint density at radius 2 is 1.51 bits per heavy atom. The van der Waals surface area contributed by atoms with Crippen molar-refractivity contribution in [1.29, 1.82) is 5.41 Å². The maximum absolute atomic E-state index is 14.4. The molecule has 19 heteroatoms. The molecule has 8 amide bonds. The van der Waals surface area contributed by atoms with Crippen LogP contribution in [0.2, 0.25) is 0 Å². The summed E-state index contributed by atoms with van der Waals surface area (Å²) in [6.07, 6.45) is 2.94. The molecule has 1 aliphatic carbocycles. The van der Waals surface area contributed by atoms with E-state index in [4.69, 9.17) is 11.1 Å². The lowest BCUT2D eigenvalue weighted by Crippen LogP contribution is -2.60. The number of rotatable bonds is 9. The van der Waals surface area contributed by atoms with E-state index in [-0.39, 0.29) is 76.2 Å². The second kappa shape index (κ2) is 19.5. The number of urea groups is 1. The number of benzene rings is 2. The molecule has 11 N–H and O–H groups in total. The molecule has 1 aromatic heterocycles. The monoisotopic (exact) mass is 839 g/mol. The number of nitrogens with two attached hydrogens (primary N) is 1. The van der Waals surface area contributed by atoms with Gasteiger partial charge in [0.2, 0.25) is 29.5 Å². The molecule has 5 atom stereocenters. The highest BCUT2D eigenvalue weighted by molar-refractivity contribution is 6.11. The van der Waals surface area contributed by atoms with Crippen LogP contribution in [0.25, 0.3) is 10.9 Å². The molecule has 0 radical (unpaired) electrons. The number of nitrogens with one attached hydrogen (secondary N) is 9. The molecule has 6 rings (SSSR count). The molecule has 2 saturated heterocycles. The van der Waals surface area contributed by atoms with E-state index in [2.05, 4.69) is 42.2 Å². The summed E-state index contributed by atoms with van der Waals surface area (Å²) in [5, 5.41) is 27.4. The standard InChI is InChI=1S/C42H53N11O8/c1-24(54)28-13-7-8-18-45-34(55)22-33-38(59)53(41(61)52-33)42(16-17-42)39(60)51-31(20-25-10-3-2-4-11-25)36(57)49-30(15-9-19-46-40(43)44)35(56)50-32(37(58)48-28)21-26-23-47-29-14-6-5-12-27(26)29/h2-6,10-12,14,23,28,30-33,47H,7-9,13,15-22H2,1H3,(H,45,55)(H,48,58)(H,49,57)(H,50,56)(H,51,60)(H,52,61)(H4,43,44,46)/t28-,30-,31+,32-,33-/m0/s1. The zero-order chi connectivity index (χ0) is 43.7. The summed E-state index contributed by atoms with van der Waals surface area (Å²) in [4.78, 5) is 114. The topological polar surface area (TPSA) is 290 Å². The van der Waals surface area contributed by atoms with E-state index >= 15 is 0 Å². The van der Waals surface area contributed by atoms with E-state index in [9.17, 15) is 38.4 Å². The summed E-state index contributed by atoms with van der Waals surface area (Å²) in [6, 6.07) is 9.49. The summed E-state index contributed by atoms with van der Waals surface area (Å²) in [6.45, 7) is 1.71. The normalized spacial score (nSPS) is 24.2. The SMILES string of the molecule is CC(=O)[C@@H]1CCCCNC(=O)C[C@@H]2NC(=O)N(C2=O)C2(CC2)C(=O)N[C@H](Cc2ccccc2)C(=O)N[C@@H](CCCNC(=N)N)C(=O)N[C@@H](Cc2c[nH]c3ccccc23)C(=O)N1. The number of guanidine groups is 1. The molecule has 3 heterocycles. The van der Waals surface area contributed by atoms with Crippen LogP contribution in [0.5, 0.6) is 0 Å². The molecule has 2 bridgehead atoms. The van der Waals surface area contributed by atoms with Crippen molar-refractivity contribution in [3.8, 4) is 0 Å². The average molecular weight is 840 g/mol. The minimum absolute atomic E-state index is 0.0158. The van der Waals surface area contributed by atoms with Crippen molar-refractivity contribution in [2.45, 2.75) is 107 Å². The predicted molar refractivity (Wildman–Crippen MR) is 222 cm³/mol. The molecule has 3 aliphatic rings. The second-order valence-corrected chi connectivity index (χ2v) is 15.8. The predicted octanol–water partition coefficient (Wildman–Crippen LogP) is -0.112. The first-order valence-electron chi connectivity index (χ1n) is 20.6. The van der Waals surface area contributed by atoms with E-state index in [1.54, 1.807) is 36.5 Å². The highest BCUT2D eigenvalue weighted by Gasteiger charge is 2.62. The first-order chi connectivity index (χ1) is 29.2. The molecule has 2 aliphatic heterocycles. The fraction of sp³-hybridized carbons (Fsp3) is 0.452. The lowest BCUT2D eigenvalue weighted by atomic mass is 10.0. The maximum Gasteiger partial charge on any atom is 0.325 e. The van der Waals surface area contributed by atoms with Crippen LogP contribution in [0.15, 0.2) is 60.8 Å². The molecule has 0 unspecified atom stereocenters. The molecule has 1 spiro atoms. The smallest absolute Gasteiger partial charge is 0.325 e. The number of carbonyl (C=O) groups is 8. The van der Waals surface area contributed by atoms with Gasteiger partial charge in [-0.1, -0.05) is 48.5 Å². The number of hydrogen-bond donors (Lipinski definition) is 10. The van der Waals surface area contributed by atoms with Gasteiger partial charge in [0.15, 0.2) is 11.7 Å². The van der Waals surface area contributed by atoms with Gasteiger partial charge in [-0.25, -0.2) is 9.69 Å². The number of imide groups is 1. The zero-order valence-corrected chi connectivity index (χ0v) is 33.9. The Morgan fingerprint density at radius 1 is 0.836 bits per heavy atom. The van der Waals surface area contributed by atoms with Gasteiger partial charge in [0.05, 0.1) is 12.5 Å². The minimum Gasteiger partial charge on any atom is -0.370 e. The van der Waals surface area contributed by atoms with E-state index in [1.165, 1.54) is 6.92 Å². The van der Waals surface area contributed by atoms with Gasteiger partial charge in [-0.05, 0) is 69.1 Å². The van der Waals surface area contributed by atoms with Crippen LogP contribution in [0.1, 0.15) is 69.4 Å². The van der Waals surface area contributed by atoms with Crippen molar-refractivity contribution >= 4 is 64.1 Å². The molecule has 324 valence electrons. The van der Waals surface area contributed by atoms with E-state index in [1.807, 2.05) is 24.3 Å². The lowest BCUT2D eigenvalue weighted by molar-refractivity contribution is -0.139. The Hall–Kier alpha value is -6.79. The van der Waals surface area contributed by atoms with Crippen molar-refractivity contribution in [2.75, 3.05) is 13.1 Å². The number of amides is 8. The summed E-state index contributed by atoms with van der Waals surface area (Å²) in [5.41, 5.74) is 6.07. The summed E-state index contributed by atoms with van der Waals surface area (Å²) in [7, 11) is 0. The molecule has 19 nitrogen and oxygen atoms in total. The molecule has 2 aromatic carbocycles. The van der Waals surface area contributed by atoms with Crippen molar-refractivity contribution in [1.82, 2.24) is 47.1 Å². The summed E-state index contributed by atoms with van der Waals surface area (Å²) in [5.74, 6) is -4.72. The van der Waals surface area contributed by atoms with Crippen LogP contribution in [0.4, 0.5) is 4.79 Å². The van der Waals surface area contributed by atoms with Crippen molar-refractivity contribution in [2.24, 2.45) is 5.73 Å². The molecular formula is C42H53N11O8. The van der Waals surface area contributed by atoms with Gasteiger partial charge in [0, 0.05) is 43.0 Å². The number of fused-ring (bicyclic) bond motifs is 4. The van der Waals surface area contributed by atoms with Gasteiger partial charge in [-0.3, -0.25) is 39.0 Å². The van der Waals surface area contributed by atoms with Gasteiger partial charge in [-0.2, -0.15) is 0 Å². The highest BCUT2D eigenvalue weighted by atomic mass is 16.2. The van der Waals surface area contributed by atoms with Crippen LogP contribution in [-0.4, -0.2) is 112 Å². The number of para-hydroxylation sites is 1. The maximum atomic E-state index is 14.4. The molecular weight excluding hydrogens is 787 g/mol. The van der Waals surface area contributed by atoms with Gasteiger partial charge in [0.1, 0.15) is 29.7 Å². The Morgan fingerprint density at radius 3 is 2.23 bits per heavy atom. The van der Waals surface area contributed by atoms with Crippen LogP contribution in [0.3, 0.4) is 0 Å². The Bertz CT molecular complexity index is 2170. The molecule has 3 aromatic rings. The Labute approximate surface area is 352 Å². The number of hydrogen-bond acceptors (Lipinski definition) is 9. The van der Waals surface area contributed by atoms with Gasteiger partial charge in [-0.15, -0.1) is 0 Å². The van der Waals surface area contributed by atoms with Gasteiger partial charge >= 0.3 is 6.03 Å². The lowest BCUT2D eigenvalue weighted by Gasteiger charge is -2.29. The second-order valence-electron chi connectivity index (χ2n) is 15.8. The Kier molecular flexibility index (Phi) is 14.0. The third-order valence-electron chi connectivity index (χ3n) is 11.3. The first kappa shape index (κ1) is 43.8. The van der Waals surface area contributed by atoms with Gasteiger partial charge < -0.3 is 47.9 Å². The zero-order valence-electron chi connectivity index (χ0n) is 33.9. The van der Waals surface area contributed by atoms with Crippen LogP contribution in [0, 0.1) is 5.41 Å². The summed E-state index contributed by atoms with van der Waals surface area (Å²) >= 11 is 0. The van der Waals surface area contributed by atoms with Crippen LogP contribution < -0.4 is 43.0 Å². The first-order valence-corrected chi connectivity index (χ1v) is 20.6. The Balaban J connectivity index is 1.33. The quantitative estimate of drug-likeness (QED) is 0.0591. The van der Waals surface area contributed by atoms with E-state index in [0.717, 1.165) is 15.8 Å². The van der Waals surface area contributed by atoms with E-state index < -0.39 is 77.2 Å². The molecule has 61 heavy (non-hydrogen) atoms. The van der Waals surface area contributed by atoms with Crippen molar-refractivity contribution in [3.63, 3.8) is 0 Å². The third kappa shape index (κ3) is 10.9. The number of nitrogens with zero attached hydrogens (tertiary/aromatic N) is 1. The van der Waals surface area contributed by atoms with Crippen LogP contribution in [-0.2, 0) is 46.4 Å². The van der Waals surface area contributed by atoms with Gasteiger partial charge in [0.25, 0.3) is 5.91 Å². The van der Waals surface area contributed by atoms with Crippen molar-refractivity contribution < 1.29 is 38.4 Å². The largest absolute Gasteiger partial charge is 0.370 e. The minimum atomic E-state index is -1.60.